The van der Waals surface area contributed by atoms with Gasteiger partial charge in [0.15, 0.2) is 5.69 Å². The van der Waals surface area contributed by atoms with Crippen LogP contribution in [0.5, 0.6) is 5.88 Å². The number of aromatic nitrogens is 5. The summed E-state index contributed by atoms with van der Waals surface area (Å²) in [6, 6.07) is 17.7. The van der Waals surface area contributed by atoms with E-state index in [0.29, 0.717) is 21.9 Å². The van der Waals surface area contributed by atoms with Crippen molar-refractivity contribution in [2.45, 2.75) is 50.9 Å². The van der Waals surface area contributed by atoms with Gasteiger partial charge in [0.05, 0.1) is 16.9 Å². The van der Waals surface area contributed by atoms with Crippen molar-refractivity contribution in [1.82, 2.24) is 25.0 Å². The zero-order valence-electron chi connectivity index (χ0n) is 19.7. The first kappa shape index (κ1) is 23.6. The van der Waals surface area contributed by atoms with E-state index in [4.69, 9.17) is 26.4 Å². The first-order chi connectivity index (χ1) is 17.2. The molecule has 0 fully saturated rings. The molecule has 0 unspecified atom stereocenters. The van der Waals surface area contributed by atoms with Crippen LogP contribution in [-0.2, 0) is 0 Å². The first-order valence-electron chi connectivity index (χ1n) is 11.9. The van der Waals surface area contributed by atoms with Crippen molar-refractivity contribution in [1.29, 1.82) is 0 Å². The molecule has 0 saturated heterocycles. The van der Waals surface area contributed by atoms with Gasteiger partial charge in [-0.1, -0.05) is 85.9 Å². The summed E-state index contributed by atoms with van der Waals surface area (Å²) in [5, 5.41) is 18.2. The molecule has 0 saturated carbocycles. The average Bonchev–Trinajstić information content (AvgIpc) is 3.08. The van der Waals surface area contributed by atoms with Crippen molar-refractivity contribution in [2.75, 3.05) is 11.1 Å². The standard InChI is InChI=1S/C26H27ClN6OS/c1-3-4-5-11-16-35-26-29-25-22(30-31-26)19-14-9-10-15-20(19)28-24(34-25)21-17(2)32-33(23(21)27)18-12-7-6-8-13-18/h6-10,12-15,24,28H,3-5,11,16H2,1-2H3/t24-/m1/s1. The molecule has 1 atom stereocenters. The maximum absolute atomic E-state index is 6.87. The lowest BCUT2D eigenvalue weighted by atomic mass is 10.1. The number of thioether (sulfide) groups is 1. The van der Waals surface area contributed by atoms with E-state index in [2.05, 4.69) is 22.4 Å². The zero-order valence-corrected chi connectivity index (χ0v) is 21.3. The van der Waals surface area contributed by atoms with Crippen molar-refractivity contribution in [2.24, 2.45) is 0 Å². The summed E-state index contributed by atoms with van der Waals surface area (Å²) in [4.78, 5) is 4.75. The van der Waals surface area contributed by atoms with Gasteiger partial charge >= 0.3 is 0 Å². The van der Waals surface area contributed by atoms with Gasteiger partial charge in [-0.05, 0) is 31.5 Å². The summed E-state index contributed by atoms with van der Waals surface area (Å²) >= 11 is 8.48. The number of nitrogens with one attached hydrogen (secondary N) is 1. The monoisotopic (exact) mass is 506 g/mol. The second-order valence-corrected chi connectivity index (χ2v) is 9.80. The fraction of sp³-hybridized carbons (Fsp3) is 0.308. The van der Waals surface area contributed by atoms with Crippen LogP contribution < -0.4 is 10.1 Å². The van der Waals surface area contributed by atoms with E-state index in [1.807, 2.05) is 61.5 Å². The predicted octanol–water partition coefficient (Wildman–Crippen LogP) is 6.86. The molecule has 0 radical (unpaired) electrons. The molecule has 35 heavy (non-hydrogen) atoms. The molecule has 7 nitrogen and oxygen atoms in total. The molecular weight excluding hydrogens is 480 g/mol. The van der Waals surface area contributed by atoms with Gasteiger partial charge in [0.2, 0.25) is 17.3 Å². The third-order valence-electron chi connectivity index (χ3n) is 5.87. The Morgan fingerprint density at radius 3 is 2.66 bits per heavy atom. The number of halogens is 1. The van der Waals surface area contributed by atoms with Crippen molar-refractivity contribution in [3.63, 3.8) is 0 Å². The Morgan fingerprint density at radius 1 is 1.03 bits per heavy atom. The van der Waals surface area contributed by atoms with Crippen LogP contribution in [0.15, 0.2) is 59.8 Å². The summed E-state index contributed by atoms with van der Waals surface area (Å²) in [5.41, 5.74) is 4.77. The van der Waals surface area contributed by atoms with E-state index in [9.17, 15) is 0 Å². The fourth-order valence-electron chi connectivity index (χ4n) is 4.08. The van der Waals surface area contributed by atoms with Gasteiger partial charge in [-0.25, -0.2) is 4.68 Å². The van der Waals surface area contributed by atoms with Gasteiger partial charge in [-0.3, -0.25) is 0 Å². The molecule has 4 aromatic rings. The van der Waals surface area contributed by atoms with Crippen LogP contribution in [0.1, 0.15) is 50.1 Å². The number of nitrogens with zero attached hydrogens (tertiary/aromatic N) is 5. The van der Waals surface area contributed by atoms with Crippen molar-refractivity contribution >= 4 is 29.1 Å². The van der Waals surface area contributed by atoms with Crippen LogP contribution in [0.2, 0.25) is 5.15 Å². The van der Waals surface area contributed by atoms with Gasteiger partial charge in [0, 0.05) is 17.0 Å². The van der Waals surface area contributed by atoms with Crippen LogP contribution >= 0.6 is 23.4 Å². The number of benzene rings is 2. The molecule has 3 heterocycles. The minimum absolute atomic E-state index is 0.432. The molecule has 2 aromatic heterocycles. The molecule has 0 bridgehead atoms. The minimum Gasteiger partial charge on any atom is -0.447 e. The highest BCUT2D eigenvalue weighted by Gasteiger charge is 2.31. The smallest absolute Gasteiger partial charge is 0.247 e. The van der Waals surface area contributed by atoms with Crippen LogP contribution in [0, 0.1) is 6.92 Å². The average molecular weight is 507 g/mol. The number of aryl methyl sites for hydroxylation is 1. The molecular formula is C26H27ClN6OS. The second kappa shape index (κ2) is 10.7. The second-order valence-electron chi connectivity index (χ2n) is 8.38. The molecule has 180 valence electrons. The highest BCUT2D eigenvalue weighted by Crippen LogP contribution is 2.41. The summed E-state index contributed by atoms with van der Waals surface area (Å²) in [5.74, 6) is 1.38. The molecule has 1 N–H and O–H groups in total. The SMILES string of the molecule is CCCCCCSc1nnc2c(n1)O[C@H](c1c(C)nn(-c3ccccc3)c1Cl)Nc1ccccc1-2. The van der Waals surface area contributed by atoms with E-state index in [1.54, 1.807) is 16.4 Å². The molecule has 0 spiro atoms. The maximum Gasteiger partial charge on any atom is 0.247 e. The van der Waals surface area contributed by atoms with Crippen LogP contribution in [0.25, 0.3) is 16.9 Å². The number of para-hydroxylation sites is 2. The topological polar surface area (TPSA) is 77.8 Å². The number of unbranched alkanes of at least 4 members (excludes halogenated alkanes) is 3. The Kier molecular flexibility index (Phi) is 7.20. The number of fused-ring (bicyclic) bond motifs is 3. The number of hydrogen-bond donors (Lipinski definition) is 1. The van der Waals surface area contributed by atoms with Crippen LogP contribution in [0.4, 0.5) is 5.69 Å². The molecule has 1 aliphatic heterocycles. The number of hydrogen-bond acceptors (Lipinski definition) is 7. The Morgan fingerprint density at radius 2 is 1.83 bits per heavy atom. The molecule has 0 aliphatic carbocycles. The largest absolute Gasteiger partial charge is 0.447 e. The van der Waals surface area contributed by atoms with Gasteiger partial charge in [0.1, 0.15) is 5.15 Å². The lowest BCUT2D eigenvalue weighted by Crippen LogP contribution is -2.18. The molecule has 9 heteroatoms. The van der Waals surface area contributed by atoms with E-state index in [0.717, 1.165) is 40.4 Å². The molecule has 2 aromatic carbocycles. The van der Waals surface area contributed by atoms with E-state index < -0.39 is 6.23 Å². The molecule has 1 aliphatic rings. The molecule has 0 amide bonds. The van der Waals surface area contributed by atoms with E-state index in [1.165, 1.54) is 19.3 Å². The lowest BCUT2D eigenvalue weighted by Gasteiger charge is -2.19. The summed E-state index contributed by atoms with van der Waals surface area (Å²) in [6.45, 7) is 4.14. The van der Waals surface area contributed by atoms with Gasteiger partial charge in [-0.15, -0.1) is 10.2 Å². The summed E-state index contributed by atoms with van der Waals surface area (Å²) < 4.78 is 8.17. The molecule has 5 rings (SSSR count). The highest BCUT2D eigenvalue weighted by atomic mass is 35.5. The van der Waals surface area contributed by atoms with Gasteiger partial charge < -0.3 is 10.1 Å². The highest BCUT2D eigenvalue weighted by molar-refractivity contribution is 7.99. The Balaban J connectivity index is 1.50. The Labute approximate surface area is 214 Å². The maximum atomic E-state index is 6.87. The number of anilines is 1. The first-order valence-corrected chi connectivity index (χ1v) is 13.2. The van der Waals surface area contributed by atoms with Crippen LogP contribution in [0.3, 0.4) is 0 Å². The fourth-order valence-corrected chi connectivity index (χ4v) is 5.23. The van der Waals surface area contributed by atoms with Crippen LogP contribution in [-0.4, -0.2) is 30.7 Å². The van der Waals surface area contributed by atoms with Gasteiger partial charge in [0.25, 0.3) is 0 Å². The summed E-state index contributed by atoms with van der Waals surface area (Å²) in [7, 11) is 0. The summed E-state index contributed by atoms with van der Waals surface area (Å²) in [6.07, 6.45) is 4.20. The zero-order chi connectivity index (χ0) is 24.2. The van der Waals surface area contributed by atoms with Gasteiger partial charge in [-0.2, -0.15) is 10.1 Å². The van der Waals surface area contributed by atoms with Crippen molar-refractivity contribution in [3.05, 3.63) is 71.0 Å². The normalized spacial score (nSPS) is 14.4. The Bertz CT molecular complexity index is 1310. The van der Waals surface area contributed by atoms with E-state index in [-0.39, 0.29) is 0 Å². The minimum atomic E-state index is -0.596. The lowest BCUT2D eigenvalue weighted by molar-refractivity contribution is 0.224. The van der Waals surface area contributed by atoms with E-state index >= 15 is 0 Å². The third kappa shape index (κ3) is 4.99. The Hall–Kier alpha value is -3.10. The third-order valence-corrected chi connectivity index (χ3v) is 7.16. The van der Waals surface area contributed by atoms with Crippen molar-refractivity contribution in [3.8, 4) is 22.8 Å². The predicted molar refractivity (Wildman–Crippen MR) is 140 cm³/mol. The van der Waals surface area contributed by atoms with Crippen molar-refractivity contribution < 1.29 is 4.74 Å². The number of rotatable bonds is 8. The quantitative estimate of drug-likeness (QED) is 0.206. The number of ether oxygens (including phenoxy) is 1.